The summed E-state index contributed by atoms with van der Waals surface area (Å²) in [5.74, 6) is 0.307. The van der Waals surface area contributed by atoms with E-state index in [-0.39, 0.29) is 33.6 Å². The number of carbonyl (C=O) groups is 1. The molecule has 258 valence electrons. The monoisotopic (exact) mass is 696 g/mol. The topological polar surface area (TPSA) is 35.5 Å². The van der Waals surface area contributed by atoms with E-state index < -0.39 is 16.6 Å². The maximum atomic E-state index is 14.2. The van der Waals surface area contributed by atoms with Gasteiger partial charge in [0.2, 0.25) is 0 Å². The Morgan fingerprint density at radius 1 is 0.520 bits per heavy atom. The lowest BCUT2D eigenvalue weighted by Crippen LogP contribution is -2.68. The first kappa shape index (κ1) is 35.9. The van der Waals surface area contributed by atoms with E-state index in [2.05, 4.69) is 163 Å². The molecule has 0 amide bonds. The van der Waals surface area contributed by atoms with E-state index in [1.54, 1.807) is 0 Å². The zero-order valence-corrected chi connectivity index (χ0v) is 32.5. The second-order valence-corrected chi connectivity index (χ2v) is 24.6. The number of hydrogen-bond acceptors (Lipinski definition) is 3. The van der Waals surface area contributed by atoms with Crippen molar-refractivity contribution in [2.24, 2.45) is 17.8 Å². The van der Waals surface area contributed by atoms with Gasteiger partial charge in [-0.15, -0.1) is 0 Å². The minimum atomic E-state index is -2.81. The van der Waals surface area contributed by atoms with Gasteiger partial charge < -0.3 is 8.85 Å². The van der Waals surface area contributed by atoms with Crippen molar-refractivity contribution in [1.82, 2.24) is 0 Å². The summed E-state index contributed by atoms with van der Waals surface area (Å²) in [6.45, 7) is 15.0. The Hall–Kier alpha value is -3.88. The van der Waals surface area contributed by atoms with Gasteiger partial charge in [-0.25, -0.2) is 0 Å². The van der Waals surface area contributed by atoms with Gasteiger partial charge in [0.15, 0.2) is 5.78 Å². The molecule has 0 radical (unpaired) electrons. The van der Waals surface area contributed by atoms with Crippen LogP contribution in [0.3, 0.4) is 0 Å². The molecule has 0 spiro atoms. The zero-order valence-electron chi connectivity index (χ0n) is 30.5. The maximum Gasteiger partial charge on any atom is 0.261 e. The molecule has 1 aliphatic rings. The molecule has 1 aliphatic carbocycles. The first-order valence-electron chi connectivity index (χ1n) is 18.1. The maximum absolute atomic E-state index is 14.2. The molecule has 3 atom stereocenters. The first-order chi connectivity index (χ1) is 24.0. The molecule has 0 aromatic heterocycles. The second-order valence-electron chi connectivity index (χ2n) is 15.9. The van der Waals surface area contributed by atoms with Crippen LogP contribution in [0.5, 0.6) is 0 Å². The van der Waals surface area contributed by atoms with E-state index in [0.29, 0.717) is 13.2 Å². The van der Waals surface area contributed by atoms with Gasteiger partial charge in [0.1, 0.15) is 0 Å². The third kappa shape index (κ3) is 6.77. The first-order valence-corrected chi connectivity index (χ1v) is 21.9. The van der Waals surface area contributed by atoms with Crippen LogP contribution < -0.4 is 20.7 Å². The molecule has 50 heavy (non-hydrogen) atoms. The summed E-state index contributed by atoms with van der Waals surface area (Å²) in [6.07, 6.45) is 0.792. The highest BCUT2D eigenvalue weighted by Gasteiger charge is 2.55. The van der Waals surface area contributed by atoms with Crippen molar-refractivity contribution >= 4 is 43.2 Å². The van der Waals surface area contributed by atoms with Gasteiger partial charge in [0.25, 0.3) is 16.6 Å². The van der Waals surface area contributed by atoms with E-state index >= 15 is 0 Å². The molecule has 5 aromatic rings. The summed E-state index contributed by atoms with van der Waals surface area (Å²) < 4.78 is 15.0. The van der Waals surface area contributed by atoms with E-state index in [9.17, 15) is 4.79 Å². The normalized spacial score (nSPS) is 18.3. The number of rotatable bonds is 12. The van der Waals surface area contributed by atoms with Crippen LogP contribution in [0.15, 0.2) is 152 Å². The molecule has 0 saturated heterocycles. The van der Waals surface area contributed by atoms with E-state index in [1.807, 2.05) is 30.3 Å². The van der Waals surface area contributed by atoms with Crippen LogP contribution in [0.2, 0.25) is 10.1 Å². The molecule has 0 unspecified atom stereocenters. The number of hydrogen-bond donors (Lipinski definition) is 0. The molecule has 0 N–H and O–H groups in total. The molecule has 5 heteroatoms. The van der Waals surface area contributed by atoms with Gasteiger partial charge in [-0.05, 0) is 49.1 Å². The molecule has 6 rings (SSSR count). The van der Waals surface area contributed by atoms with E-state index in [4.69, 9.17) is 8.85 Å². The highest BCUT2D eigenvalue weighted by atomic mass is 28.4. The fraction of sp³-hybridized carbons (Fsp3) is 0.311. The van der Waals surface area contributed by atoms with Gasteiger partial charge in [-0.1, -0.05) is 193 Å². The van der Waals surface area contributed by atoms with Crippen LogP contribution in [0, 0.1) is 17.8 Å². The standard InChI is InChI=1S/C45H52O3Si2/c1-44(2,3)49(37-24-14-8-15-25-37,38-26-16-9-17-27-38)47-33-36-32-41(43(46)35-22-12-7-13-23-35)42(36)34-48-50(45(4,5)6,39-28-18-10-19-29-39)40-30-20-11-21-31-40/h7-31,36,41-42H,32-34H2,1-6H3/t36-,41+,42+/m1/s1. The quantitative estimate of drug-likeness (QED) is 0.0974. The van der Waals surface area contributed by atoms with E-state index in [0.717, 1.165) is 12.0 Å². The van der Waals surface area contributed by atoms with Gasteiger partial charge >= 0.3 is 0 Å². The van der Waals surface area contributed by atoms with Crippen LogP contribution in [-0.4, -0.2) is 35.6 Å². The molecule has 5 aromatic carbocycles. The van der Waals surface area contributed by atoms with Crippen LogP contribution in [0.25, 0.3) is 0 Å². The molecule has 0 bridgehead atoms. The van der Waals surface area contributed by atoms with Crippen molar-refractivity contribution in [3.8, 4) is 0 Å². The molecular weight excluding hydrogens is 645 g/mol. The molecule has 1 fully saturated rings. The molecule has 3 nitrogen and oxygen atoms in total. The van der Waals surface area contributed by atoms with Crippen LogP contribution >= 0.6 is 0 Å². The number of carbonyl (C=O) groups excluding carboxylic acids is 1. The Morgan fingerprint density at radius 3 is 1.18 bits per heavy atom. The molecular formula is C45H52O3Si2. The van der Waals surface area contributed by atoms with Gasteiger partial charge in [0.05, 0.1) is 0 Å². The van der Waals surface area contributed by atoms with Crippen LogP contribution in [0.4, 0.5) is 0 Å². The van der Waals surface area contributed by atoms with E-state index in [1.165, 1.54) is 20.7 Å². The van der Waals surface area contributed by atoms with Crippen molar-refractivity contribution in [3.63, 3.8) is 0 Å². The summed E-state index contributed by atoms with van der Waals surface area (Å²) >= 11 is 0. The highest BCUT2D eigenvalue weighted by Crippen LogP contribution is 2.46. The SMILES string of the molecule is CC(C)(C)[Si](OC[C@H]1C[C@H](C(=O)c2ccccc2)[C@H]1CO[Si](c1ccccc1)(c1ccccc1)C(C)(C)C)(c1ccccc1)c1ccccc1. The van der Waals surface area contributed by atoms with Crippen molar-refractivity contribution in [1.29, 1.82) is 0 Å². The Morgan fingerprint density at radius 2 is 0.840 bits per heavy atom. The average Bonchev–Trinajstić information content (AvgIpc) is 3.12. The largest absolute Gasteiger partial charge is 0.407 e. The smallest absolute Gasteiger partial charge is 0.261 e. The zero-order chi connectivity index (χ0) is 35.4. The highest BCUT2D eigenvalue weighted by molar-refractivity contribution is 7.00. The fourth-order valence-electron chi connectivity index (χ4n) is 8.35. The lowest BCUT2D eigenvalue weighted by molar-refractivity contribution is 0.00142. The second kappa shape index (κ2) is 14.8. The van der Waals surface area contributed by atoms with Gasteiger partial charge in [-0.3, -0.25) is 4.79 Å². The Balaban J connectivity index is 1.38. The molecule has 0 heterocycles. The summed E-state index contributed by atoms with van der Waals surface area (Å²) in [5, 5.41) is 4.78. The number of ketones is 1. The van der Waals surface area contributed by atoms with Crippen LogP contribution in [-0.2, 0) is 8.85 Å². The lowest BCUT2D eigenvalue weighted by atomic mass is 9.63. The average molecular weight is 697 g/mol. The number of benzene rings is 5. The molecule has 1 saturated carbocycles. The van der Waals surface area contributed by atoms with Crippen molar-refractivity contribution < 1.29 is 13.6 Å². The van der Waals surface area contributed by atoms with Crippen molar-refractivity contribution in [3.05, 3.63) is 157 Å². The minimum Gasteiger partial charge on any atom is -0.407 e. The summed E-state index contributed by atoms with van der Waals surface area (Å²) in [4.78, 5) is 14.2. The Labute approximate surface area is 302 Å². The lowest BCUT2D eigenvalue weighted by Gasteiger charge is -2.50. The van der Waals surface area contributed by atoms with Gasteiger partial charge in [0, 0.05) is 24.7 Å². The summed E-state index contributed by atoms with van der Waals surface area (Å²) in [7, 11) is -5.55. The Bertz CT molecular complexity index is 1740. The third-order valence-electron chi connectivity index (χ3n) is 10.9. The van der Waals surface area contributed by atoms with Crippen LogP contribution in [0.1, 0.15) is 58.3 Å². The Kier molecular flexibility index (Phi) is 10.6. The third-order valence-corrected chi connectivity index (χ3v) is 20.9. The fourth-order valence-corrected chi connectivity index (χ4v) is 17.6. The number of Topliss-reactive ketones (excluding diaryl/α,β-unsaturated/α-hetero) is 1. The molecule has 0 aliphatic heterocycles. The van der Waals surface area contributed by atoms with Crippen molar-refractivity contribution in [2.45, 2.75) is 58.0 Å². The van der Waals surface area contributed by atoms with Crippen molar-refractivity contribution in [2.75, 3.05) is 13.2 Å². The minimum absolute atomic E-state index is 0.0302. The predicted molar refractivity (Wildman–Crippen MR) is 213 cm³/mol. The summed E-state index contributed by atoms with van der Waals surface area (Å²) in [6, 6.07) is 53.1. The summed E-state index contributed by atoms with van der Waals surface area (Å²) in [5.41, 5.74) is 0.777. The predicted octanol–water partition coefficient (Wildman–Crippen LogP) is 8.27. The van der Waals surface area contributed by atoms with Gasteiger partial charge in [-0.2, -0.15) is 0 Å².